The monoisotopic (exact) mass is 327 g/mol. The van der Waals surface area contributed by atoms with E-state index in [9.17, 15) is 23.1 Å². The van der Waals surface area contributed by atoms with Crippen molar-refractivity contribution in [2.24, 2.45) is 0 Å². The molecular weight excluding hydrogens is 311 g/mol. The topological polar surface area (TPSA) is 62.5 Å². The first-order valence-electron chi connectivity index (χ1n) is 7.01. The van der Waals surface area contributed by atoms with Gasteiger partial charge in [-0.05, 0) is 23.8 Å². The van der Waals surface area contributed by atoms with Crippen molar-refractivity contribution in [3.8, 4) is 0 Å². The Morgan fingerprint density at radius 1 is 1.22 bits per heavy atom. The molecule has 1 heterocycles. The van der Waals surface area contributed by atoms with Crippen molar-refractivity contribution < 1.29 is 27.5 Å². The highest BCUT2D eigenvalue weighted by atomic mass is 19.4. The number of amides is 1. The lowest BCUT2D eigenvalue weighted by atomic mass is 10.0. The van der Waals surface area contributed by atoms with Gasteiger partial charge < -0.3 is 14.8 Å². The maximum atomic E-state index is 12.9. The van der Waals surface area contributed by atoms with Crippen LogP contribution in [0.2, 0.25) is 0 Å². The number of alkyl halides is 3. The summed E-state index contributed by atoms with van der Waals surface area (Å²) in [6.45, 7) is -0.288. The minimum Gasteiger partial charge on any atom is -0.469 e. The Morgan fingerprint density at radius 2 is 1.96 bits per heavy atom. The molecule has 0 saturated carbocycles. The van der Waals surface area contributed by atoms with Crippen molar-refractivity contribution in [3.05, 3.63) is 59.5 Å². The average molecular weight is 327 g/mol. The smallest absolute Gasteiger partial charge is 0.416 e. The molecule has 0 aliphatic rings. The number of furan rings is 1. The lowest BCUT2D eigenvalue weighted by Crippen LogP contribution is -2.29. The molecule has 0 spiro atoms. The van der Waals surface area contributed by atoms with E-state index in [1.54, 1.807) is 12.1 Å². The maximum Gasteiger partial charge on any atom is 0.416 e. The Morgan fingerprint density at radius 3 is 2.61 bits per heavy atom. The zero-order valence-electron chi connectivity index (χ0n) is 12.1. The number of aliphatic hydroxyl groups excluding tert-OH is 1. The van der Waals surface area contributed by atoms with Gasteiger partial charge in [-0.3, -0.25) is 4.79 Å². The van der Waals surface area contributed by atoms with Gasteiger partial charge in [0.15, 0.2) is 0 Å². The van der Waals surface area contributed by atoms with E-state index >= 15 is 0 Å². The van der Waals surface area contributed by atoms with E-state index in [4.69, 9.17) is 4.42 Å². The molecule has 1 aromatic carbocycles. The lowest BCUT2D eigenvalue weighted by Gasteiger charge is -2.17. The Bertz CT molecular complexity index is 638. The second-order valence-corrected chi connectivity index (χ2v) is 4.98. The number of hydrogen-bond donors (Lipinski definition) is 2. The molecule has 2 aromatic rings. The summed E-state index contributed by atoms with van der Waals surface area (Å²) in [5.74, 6) is 0.271. The van der Waals surface area contributed by atoms with Crippen molar-refractivity contribution in [2.45, 2.75) is 25.1 Å². The minimum absolute atomic E-state index is 0.126. The van der Waals surface area contributed by atoms with Crippen molar-refractivity contribution in [1.29, 1.82) is 0 Å². The second kappa shape index (κ2) is 7.32. The summed E-state index contributed by atoms with van der Waals surface area (Å²) < 4.78 is 43.7. The molecule has 0 fully saturated rings. The molecule has 0 radical (unpaired) electrons. The molecule has 0 bridgehead atoms. The molecule has 1 aromatic heterocycles. The van der Waals surface area contributed by atoms with Gasteiger partial charge in [-0.25, -0.2) is 0 Å². The van der Waals surface area contributed by atoms with Crippen LogP contribution in [0.4, 0.5) is 13.2 Å². The highest BCUT2D eigenvalue weighted by Gasteiger charge is 2.34. The third-order valence-electron chi connectivity index (χ3n) is 3.30. The van der Waals surface area contributed by atoms with E-state index in [1.807, 2.05) is 0 Å². The van der Waals surface area contributed by atoms with Crippen molar-refractivity contribution in [3.63, 3.8) is 0 Å². The van der Waals surface area contributed by atoms with Gasteiger partial charge >= 0.3 is 6.18 Å². The number of aliphatic hydroxyl groups is 1. The van der Waals surface area contributed by atoms with E-state index in [2.05, 4.69) is 5.32 Å². The van der Waals surface area contributed by atoms with E-state index in [1.165, 1.54) is 24.5 Å². The van der Waals surface area contributed by atoms with E-state index < -0.39 is 17.8 Å². The van der Waals surface area contributed by atoms with Crippen LogP contribution >= 0.6 is 0 Å². The van der Waals surface area contributed by atoms with Crippen LogP contribution in [-0.2, 0) is 17.4 Å². The van der Waals surface area contributed by atoms with E-state index in [0.717, 1.165) is 6.07 Å². The molecule has 2 N–H and O–H groups in total. The summed E-state index contributed by atoms with van der Waals surface area (Å²) in [5, 5.41) is 12.4. The predicted octanol–water partition coefficient (Wildman–Crippen LogP) is 3.08. The highest BCUT2D eigenvalue weighted by molar-refractivity contribution is 5.76. The maximum absolute atomic E-state index is 12.9. The zero-order chi connectivity index (χ0) is 16.9. The number of aryl methyl sites for hydroxylation is 1. The number of nitrogens with one attached hydrogen (secondary N) is 1. The molecule has 23 heavy (non-hydrogen) atoms. The summed E-state index contributed by atoms with van der Waals surface area (Å²) in [7, 11) is 0. The summed E-state index contributed by atoms with van der Waals surface area (Å²) in [6.07, 6.45) is -3.98. The zero-order valence-corrected chi connectivity index (χ0v) is 12.1. The Labute approximate surface area is 130 Å². The van der Waals surface area contributed by atoms with Gasteiger partial charge in [-0.2, -0.15) is 13.2 Å². The van der Waals surface area contributed by atoms with Crippen LogP contribution < -0.4 is 5.32 Å². The van der Waals surface area contributed by atoms with Crippen LogP contribution in [0.1, 0.15) is 29.4 Å². The summed E-state index contributed by atoms with van der Waals surface area (Å²) in [6, 6.07) is 8.18. The van der Waals surface area contributed by atoms with Gasteiger partial charge in [0.2, 0.25) is 5.91 Å². The molecule has 0 aliphatic heterocycles. The SMILES string of the molecule is O=C(CCc1ccco1)NC[C@H](O)c1ccccc1C(F)(F)F. The fourth-order valence-corrected chi connectivity index (χ4v) is 2.15. The molecule has 4 nitrogen and oxygen atoms in total. The first-order valence-corrected chi connectivity index (χ1v) is 7.01. The minimum atomic E-state index is -4.55. The highest BCUT2D eigenvalue weighted by Crippen LogP contribution is 2.34. The van der Waals surface area contributed by atoms with Crippen LogP contribution in [0.5, 0.6) is 0 Å². The molecule has 124 valence electrons. The molecule has 0 aliphatic carbocycles. The number of hydrogen-bond acceptors (Lipinski definition) is 3. The number of halogens is 3. The third kappa shape index (κ3) is 4.85. The van der Waals surface area contributed by atoms with Crippen LogP contribution in [-0.4, -0.2) is 17.6 Å². The summed E-state index contributed by atoms with van der Waals surface area (Å²) in [5.41, 5.74) is -1.16. The van der Waals surface area contributed by atoms with Crippen molar-refractivity contribution in [1.82, 2.24) is 5.32 Å². The molecule has 1 amide bonds. The quantitative estimate of drug-likeness (QED) is 0.857. The van der Waals surface area contributed by atoms with E-state index in [0.29, 0.717) is 12.2 Å². The number of carbonyl (C=O) groups excluding carboxylic acids is 1. The molecule has 0 saturated heterocycles. The number of benzene rings is 1. The largest absolute Gasteiger partial charge is 0.469 e. The molecule has 1 atom stereocenters. The molecule has 0 unspecified atom stereocenters. The Hall–Kier alpha value is -2.28. The second-order valence-electron chi connectivity index (χ2n) is 4.98. The fraction of sp³-hybridized carbons (Fsp3) is 0.312. The Kier molecular flexibility index (Phi) is 5.44. The van der Waals surface area contributed by atoms with E-state index in [-0.39, 0.29) is 24.4 Å². The van der Waals surface area contributed by atoms with Gasteiger partial charge in [0, 0.05) is 19.4 Å². The lowest BCUT2D eigenvalue weighted by molar-refractivity contribution is -0.139. The van der Waals surface area contributed by atoms with Crippen LogP contribution in [0.3, 0.4) is 0 Å². The van der Waals surface area contributed by atoms with Crippen LogP contribution in [0.15, 0.2) is 47.1 Å². The molecular formula is C16H16F3NO3. The number of carbonyl (C=O) groups is 1. The van der Waals surface area contributed by atoms with Gasteiger partial charge in [-0.15, -0.1) is 0 Å². The van der Waals surface area contributed by atoms with Gasteiger partial charge in [0.25, 0.3) is 0 Å². The Balaban J connectivity index is 1.89. The van der Waals surface area contributed by atoms with Crippen LogP contribution in [0, 0.1) is 0 Å². The number of rotatable bonds is 6. The predicted molar refractivity (Wildman–Crippen MR) is 76.4 cm³/mol. The summed E-state index contributed by atoms with van der Waals surface area (Å²) in [4.78, 5) is 11.7. The first-order chi connectivity index (χ1) is 10.9. The standard InChI is InChI=1S/C16H16F3NO3/c17-16(18,19)13-6-2-1-5-12(13)14(21)10-20-15(22)8-7-11-4-3-9-23-11/h1-6,9,14,21H,7-8,10H2,(H,20,22)/t14-/m0/s1. The first kappa shape index (κ1) is 17.1. The van der Waals surface area contributed by atoms with Gasteiger partial charge in [-0.1, -0.05) is 18.2 Å². The average Bonchev–Trinajstić information content (AvgIpc) is 3.03. The van der Waals surface area contributed by atoms with Crippen molar-refractivity contribution in [2.75, 3.05) is 6.54 Å². The van der Waals surface area contributed by atoms with Crippen LogP contribution in [0.25, 0.3) is 0 Å². The fourth-order valence-electron chi connectivity index (χ4n) is 2.15. The van der Waals surface area contributed by atoms with Gasteiger partial charge in [0.05, 0.1) is 17.9 Å². The summed E-state index contributed by atoms with van der Waals surface area (Å²) >= 11 is 0. The normalized spacial score (nSPS) is 12.9. The van der Waals surface area contributed by atoms with Crippen molar-refractivity contribution >= 4 is 5.91 Å². The molecule has 7 heteroatoms. The molecule has 2 rings (SSSR count). The van der Waals surface area contributed by atoms with Gasteiger partial charge in [0.1, 0.15) is 5.76 Å². The third-order valence-corrected chi connectivity index (χ3v) is 3.30.